The van der Waals surface area contributed by atoms with E-state index in [1.807, 2.05) is 42.5 Å². The Kier molecular flexibility index (Phi) is 12.6. The van der Waals surface area contributed by atoms with Crippen molar-refractivity contribution in [3.8, 4) is 0 Å². The number of benzene rings is 3. The molecule has 0 bridgehead atoms. The molecule has 2 unspecified atom stereocenters. The zero-order valence-electron chi connectivity index (χ0n) is 31.3. The summed E-state index contributed by atoms with van der Waals surface area (Å²) in [5.74, 6) is -1.21. The summed E-state index contributed by atoms with van der Waals surface area (Å²) in [5, 5.41) is 8.60. The summed E-state index contributed by atoms with van der Waals surface area (Å²) in [6.07, 6.45) is 7.34. The van der Waals surface area contributed by atoms with Gasteiger partial charge in [0.15, 0.2) is 0 Å². The minimum absolute atomic E-state index is 0.0336. The number of carbonyl (C=O) groups excluding carboxylic acids is 4. The molecule has 1 aliphatic carbocycles. The SMILES string of the molecule is CCOC(=O)c1c(NC(=O)C(Sc2cccc(NC(=O)/C(=C/c3cccnc3)NC(=O)c3ccccc3)c2)c2ccccc2)sc2c1CCC(C(C)(C)C)C2. The molecule has 9 nitrogen and oxygen atoms in total. The molecule has 3 N–H and O–H groups in total. The first-order valence-corrected chi connectivity index (χ1v) is 19.9. The summed E-state index contributed by atoms with van der Waals surface area (Å²) in [4.78, 5) is 60.5. The maximum absolute atomic E-state index is 14.3. The van der Waals surface area contributed by atoms with E-state index in [1.165, 1.54) is 23.1 Å². The van der Waals surface area contributed by atoms with E-state index < -0.39 is 23.0 Å². The van der Waals surface area contributed by atoms with E-state index in [0.717, 1.165) is 40.2 Å². The number of thioether (sulfide) groups is 1. The molecule has 2 atom stereocenters. The Bertz CT molecular complexity index is 2180. The van der Waals surface area contributed by atoms with Gasteiger partial charge in [-0.25, -0.2) is 4.79 Å². The Morgan fingerprint density at radius 3 is 2.38 bits per heavy atom. The van der Waals surface area contributed by atoms with Crippen LogP contribution in [0.4, 0.5) is 10.7 Å². The average molecular weight is 773 g/mol. The number of pyridine rings is 1. The van der Waals surface area contributed by atoms with Crippen LogP contribution in [-0.4, -0.2) is 35.3 Å². The lowest BCUT2D eigenvalue weighted by molar-refractivity contribution is -0.116. The first kappa shape index (κ1) is 39.2. The van der Waals surface area contributed by atoms with Crippen LogP contribution >= 0.6 is 23.1 Å². The first-order chi connectivity index (χ1) is 26.5. The van der Waals surface area contributed by atoms with Crippen molar-refractivity contribution in [1.82, 2.24) is 10.3 Å². The summed E-state index contributed by atoms with van der Waals surface area (Å²) in [7, 11) is 0. The number of anilines is 2. The number of rotatable bonds is 12. The third-order valence-electron chi connectivity index (χ3n) is 9.42. The van der Waals surface area contributed by atoms with E-state index >= 15 is 0 Å². The monoisotopic (exact) mass is 772 g/mol. The van der Waals surface area contributed by atoms with Crippen LogP contribution in [0.15, 0.2) is 120 Å². The molecule has 0 saturated heterocycles. The van der Waals surface area contributed by atoms with Gasteiger partial charge in [-0.3, -0.25) is 19.4 Å². The smallest absolute Gasteiger partial charge is 0.341 e. The van der Waals surface area contributed by atoms with Gasteiger partial charge in [0.1, 0.15) is 15.9 Å². The molecule has 1 aliphatic rings. The van der Waals surface area contributed by atoms with Gasteiger partial charge in [-0.05, 0) is 96.7 Å². The first-order valence-electron chi connectivity index (χ1n) is 18.2. The third kappa shape index (κ3) is 9.97. The second-order valence-corrected chi connectivity index (χ2v) is 16.6. The number of aromatic nitrogens is 1. The van der Waals surface area contributed by atoms with Gasteiger partial charge in [0, 0.05) is 33.4 Å². The van der Waals surface area contributed by atoms with Crippen LogP contribution in [0.5, 0.6) is 0 Å². The van der Waals surface area contributed by atoms with Gasteiger partial charge in [0.05, 0.1) is 12.2 Å². The number of amides is 3. The second-order valence-electron chi connectivity index (χ2n) is 14.3. The zero-order valence-corrected chi connectivity index (χ0v) is 32.9. The Morgan fingerprint density at radius 1 is 0.945 bits per heavy atom. The Labute approximate surface area is 330 Å². The predicted molar refractivity (Wildman–Crippen MR) is 220 cm³/mol. The number of carbonyl (C=O) groups is 4. The highest BCUT2D eigenvalue weighted by molar-refractivity contribution is 8.00. The number of ether oxygens (including phenoxy) is 1. The molecule has 0 spiro atoms. The van der Waals surface area contributed by atoms with Crippen molar-refractivity contribution in [2.45, 2.75) is 57.1 Å². The summed E-state index contributed by atoms with van der Waals surface area (Å²) >= 11 is 2.79. The van der Waals surface area contributed by atoms with Crippen LogP contribution in [0.25, 0.3) is 6.08 Å². The maximum atomic E-state index is 14.3. The van der Waals surface area contributed by atoms with E-state index in [1.54, 1.807) is 80.0 Å². The van der Waals surface area contributed by atoms with Crippen molar-refractivity contribution < 1.29 is 23.9 Å². The van der Waals surface area contributed by atoms with Crippen molar-refractivity contribution in [3.63, 3.8) is 0 Å². The molecule has 3 aromatic carbocycles. The molecule has 0 radical (unpaired) electrons. The number of nitrogens with zero attached hydrogens (tertiary/aromatic N) is 1. The van der Waals surface area contributed by atoms with Crippen molar-refractivity contribution in [3.05, 3.63) is 148 Å². The van der Waals surface area contributed by atoms with Crippen molar-refractivity contribution in [2.75, 3.05) is 17.2 Å². The van der Waals surface area contributed by atoms with Crippen LogP contribution in [0.3, 0.4) is 0 Å². The van der Waals surface area contributed by atoms with Gasteiger partial charge in [0.2, 0.25) is 5.91 Å². The molecular formula is C44H44N4O5S2. The fourth-order valence-corrected chi connectivity index (χ4v) is 8.86. The highest BCUT2D eigenvalue weighted by Crippen LogP contribution is 2.45. The van der Waals surface area contributed by atoms with Gasteiger partial charge >= 0.3 is 5.97 Å². The van der Waals surface area contributed by atoms with Crippen molar-refractivity contribution in [1.29, 1.82) is 0 Å². The number of fused-ring (bicyclic) bond motifs is 1. The van der Waals surface area contributed by atoms with E-state index in [2.05, 4.69) is 41.7 Å². The highest BCUT2D eigenvalue weighted by atomic mass is 32.2. The molecule has 11 heteroatoms. The van der Waals surface area contributed by atoms with E-state index in [4.69, 9.17) is 4.74 Å². The van der Waals surface area contributed by atoms with Gasteiger partial charge in [-0.2, -0.15) is 0 Å². The topological polar surface area (TPSA) is 126 Å². The molecule has 2 aromatic heterocycles. The summed E-state index contributed by atoms with van der Waals surface area (Å²) in [6, 6.07) is 28.8. The molecule has 0 saturated carbocycles. The van der Waals surface area contributed by atoms with Gasteiger partial charge in [-0.1, -0.05) is 81.4 Å². The zero-order chi connectivity index (χ0) is 39.0. The fraction of sp³-hybridized carbons (Fsp3) is 0.250. The van der Waals surface area contributed by atoms with Crippen molar-refractivity contribution >= 4 is 63.6 Å². The molecule has 0 aliphatic heterocycles. The minimum Gasteiger partial charge on any atom is -0.462 e. The summed E-state index contributed by atoms with van der Waals surface area (Å²) in [6.45, 7) is 8.75. The lowest BCUT2D eigenvalue weighted by Crippen LogP contribution is -2.30. The Morgan fingerprint density at radius 2 is 1.69 bits per heavy atom. The molecule has 2 heterocycles. The molecule has 0 fully saturated rings. The van der Waals surface area contributed by atoms with Gasteiger partial charge < -0.3 is 20.7 Å². The maximum Gasteiger partial charge on any atom is 0.341 e. The van der Waals surface area contributed by atoms with Crippen LogP contribution in [0.1, 0.15) is 81.6 Å². The van der Waals surface area contributed by atoms with Crippen molar-refractivity contribution in [2.24, 2.45) is 11.3 Å². The average Bonchev–Trinajstić information content (AvgIpc) is 3.54. The van der Waals surface area contributed by atoms with Crippen LogP contribution in [-0.2, 0) is 27.2 Å². The van der Waals surface area contributed by atoms with Gasteiger partial charge in [0.25, 0.3) is 11.8 Å². The number of nitrogens with one attached hydrogen (secondary N) is 3. The third-order valence-corrected chi connectivity index (χ3v) is 11.8. The molecule has 55 heavy (non-hydrogen) atoms. The van der Waals surface area contributed by atoms with Crippen LogP contribution in [0, 0.1) is 11.3 Å². The molecule has 282 valence electrons. The fourth-order valence-electron chi connectivity index (χ4n) is 6.46. The van der Waals surface area contributed by atoms with Crippen LogP contribution in [0.2, 0.25) is 0 Å². The molecule has 3 amide bonds. The number of thiophene rings is 1. The lowest BCUT2D eigenvalue weighted by Gasteiger charge is -2.33. The Hall–Kier alpha value is -5.52. The summed E-state index contributed by atoms with van der Waals surface area (Å²) < 4.78 is 5.49. The highest BCUT2D eigenvalue weighted by Gasteiger charge is 2.35. The molecule has 5 aromatic rings. The lowest BCUT2D eigenvalue weighted by atomic mass is 9.72. The van der Waals surface area contributed by atoms with Crippen LogP contribution < -0.4 is 16.0 Å². The summed E-state index contributed by atoms with van der Waals surface area (Å²) in [5.41, 5.74) is 3.86. The quantitative estimate of drug-likeness (QED) is 0.0656. The molecule has 6 rings (SSSR count). The standard InChI is InChI=1S/C44H44N4O5S2/c1-5-53-43(52)37-34-22-21-31(44(2,3)4)25-36(34)55-42(37)48-41(51)38(29-15-8-6-9-16-29)54-33-20-12-19-32(26-33)46-40(50)35(24-28-14-13-23-45-27-28)47-39(49)30-17-10-7-11-18-30/h6-20,23-24,26-27,31,38H,5,21-22,25H2,1-4H3,(H,46,50)(H,47,49)(H,48,51)/b35-24-. The second kappa shape index (κ2) is 17.7. The normalized spacial score (nSPS) is 14.6. The number of hydrogen-bond donors (Lipinski definition) is 3. The Balaban J connectivity index is 1.25. The van der Waals surface area contributed by atoms with Gasteiger partial charge in [-0.15, -0.1) is 23.1 Å². The number of hydrogen-bond acceptors (Lipinski definition) is 8. The molecular weight excluding hydrogens is 729 g/mol. The largest absolute Gasteiger partial charge is 0.462 e. The minimum atomic E-state index is -0.699. The van der Waals surface area contributed by atoms with E-state index in [9.17, 15) is 19.2 Å². The van der Waals surface area contributed by atoms with E-state index in [-0.39, 0.29) is 23.6 Å². The number of esters is 1. The predicted octanol–water partition coefficient (Wildman–Crippen LogP) is 9.35. The van der Waals surface area contributed by atoms with E-state index in [0.29, 0.717) is 33.3 Å².